The lowest BCUT2D eigenvalue weighted by atomic mass is 10.0. The molecule has 0 aliphatic heterocycles. The molecule has 0 aliphatic carbocycles. The second-order valence-electron chi connectivity index (χ2n) is 3.92. The second-order valence-corrected chi connectivity index (χ2v) is 3.92. The molecule has 0 aromatic rings. The van der Waals surface area contributed by atoms with Crippen molar-refractivity contribution in [1.82, 2.24) is 10.6 Å². The van der Waals surface area contributed by atoms with Crippen LogP contribution in [0.4, 0.5) is 4.79 Å². The Bertz CT molecular complexity index is 343. The molecule has 2 amide bonds. The Morgan fingerprint density at radius 1 is 1.11 bits per heavy atom. The van der Waals surface area contributed by atoms with Crippen LogP contribution in [0.2, 0.25) is 0 Å². The Kier molecular flexibility index (Phi) is 6.40. The highest BCUT2D eigenvalue weighted by molar-refractivity contribution is 5.86. The molecule has 102 valence electrons. The van der Waals surface area contributed by atoms with Gasteiger partial charge >= 0.3 is 18.0 Å². The van der Waals surface area contributed by atoms with Gasteiger partial charge in [-0.05, 0) is 13.3 Å². The molecule has 8 heteroatoms. The van der Waals surface area contributed by atoms with Crippen LogP contribution in [0.3, 0.4) is 0 Å². The summed E-state index contributed by atoms with van der Waals surface area (Å²) in [5.74, 6) is -3.05. The zero-order valence-corrected chi connectivity index (χ0v) is 10.0. The molecular formula is C10H16N2O6. The molecule has 0 saturated carbocycles. The molecule has 0 aliphatic rings. The molecule has 3 unspecified atom stereocenters. The van der Waals surface area contributed by atoms with Gasteiger partial charge in [-0.3, -0.25) is 4.79 Å². The van der Waals surface area contributed by atoms with Crippen molar-refractivity contribution >= 4 is 24.3 Å². The molecule has 0 aromatic carbocycles. The number of carboxylic acids is 2. The van der Waals surface area contributed by atoms with Crippen LogP contribution >= 0.6 is 0 Å². The van der Waals surface area contributed by atoms with Gasteiger partial charge in [0, 0.05) is 5.92 Å². The summed E-state index contributed by atoms with van der Waals surface area (Å²) in [5.41, 5.74) is 0. The maximum atomic E-state index is 11.3. The summed E-state index contributed by atoms with van der Waals surface area (Å²) in [5, 5.41) is 21.5. The van der Waals surface area contributed by atoms with Crippen LogP contribution in [0.15, 0.2) is 0 Å². The normalized spacial score (nSPS) is 15.0. The standard InChI is InChI=1S/C10H16N2O6/c1-5(4-13)3-7(9(16)17)12-10(18)11-6(2)8(14)15/h4-7H,3H2,1-2H3,(H,14,15)(H,16,17)(H2,11,12,18). The molecule has 0 heterocycles. The first-order valence-electron chi connectivity index (χ1n) is 5.25. The van der Waals surface area contributed by atoms with Crippen molar-refractivity contribution in [2.75, 3.05) is 0 Å². The lowest BCUT2D eigenvalue weighted by molar-refractivity contribution is -0.139. The fourth-order valence-corrected chi connectivity index (χ4v) is 1.11. The summed E-state index contributed by atoms with van der Waals surface area (Å²) in [6.45, 7) is 2.76. The summed E-state index contributed by atoms with van der Waals surface area (Å²) in [7, 11) is 0. The van der Waals surface area contributed by atoms with Gasteiger partial charge < -0.3 is 25.6 Å². The van der Waals surface area contributed by atoms with Gasteiger partial charge in [-0.2, -0.15) is 0 Å². The Morgan fingerprint density at radius 2 is 1.67 bits per heavy atom. The largest absolute Gasteiger partial charge is 0.480 e. The van der Waals surface area contributed by atoms with Gasteiger partial charge in [-0.25, -0.2) is 9.59 Å². The predicted octanol–water partition coefficient (Wildman–Crippen LogP) is -0.563. The van der Waals surface area contributed by atoms with Crippen molar-refractivity contribution in [3.8, 4) is 0 Å². The van der Waals surface area contributed by atoms with Gasteiger partial charge in [-0.1, -0.05) is 6.92 Å². The topological polar surface area (TPSA) is 133 Å². The molecule has 0 aromatic heterocycles. The Hall–Kier alpha value is -2.12. The number of hydrogen-bond donors (Lipinski definition) is 4. The van der Waals surface area contributed by atoms with E-state index in [9.17, 15) is 19.2 Å². The minimum atomic E-state index is -1.29. The van der Waals surface area contributed by atoms with Gasteiger partial charge in [0.15, 0.2) is 0 Å². The van der Waals surface area contributed by atoms with Crippen LogP contribution in [0.5, 0.6) is 0 Å². The summed E-state index contributed by atoms with van der Waals surface area (Å²) in [6, 6.07) is -3.29. The molecule has 18 heavy (non-hydrogen) atoms. The summed E-state index contributed by atoms with van der Waals surface area (Å²) >= 11 is 0. The Balaban J connectivity index is 4.41. The fraction of sp³-hybridized carbons (Fsp3) is 0.600. The lowest BCUT2D eigenvalue weighted by Gasteiger charge is -2.17. The third-order valence-corrected chi connectivity index (χ3v) is 2.16. The number of amides is 2. The zero-order chi connectivity index (χ0) is 14.3. The lowest BCUT2D eigenvalue weighted by Crippen LogP contribution is -2.50. The average molecular weight is 260 g/mol. The maximum Gasteiger partial charge on any atom is 0.326 e. The van der Waals surface area contributed by atoms with Gasteiger partial charge in [-0.15, -0.1) is 0 Å². The van der Waals surface area contributed by atoms with E-state index < -0.39 is 36.0 Å². The summed E-state index contributed by atoms with van der Waals surface area (Å²) in [6.07, 6.45) is 0.517. The number of rotatable bonds is 7. The molecule has 0 spiro atoms. The van der Waals surface area contributed by atoms with E-state index >= 15 is 0 Å². The van der Waals surface area contributed by atoms with Crippen molar-refractivity contribution in [2.45, 2.75) is 32.4 Å². The van der Waals surface area contributed by atoms with Crippen LogP contribution < -0.4 is 10.6 Å². The van der Waals surface area contributed by atoms with E-state index in [0.29, 0.717) is 6.29 Å². The number of nitrogens with one attached hydrogen (secondary N) is 2. The molecule has 0 rings (SSSR count). The monoisotopic (exact) mass is 260 g/mol. The highest BCUT2D eigenvalue weighted by atomic mass is 16.4. The number of aliphatic carboxylic acids is 2. The smallest absolute Gasteiger partial charge is 0.326 e. The Morgan fingerprint density at radius 3 is 2.06 bits per heavy atom. The van der Waals surface area contributed by atoms with Gasteiger partial charge in [0.25, 0.3) is 0 Å². The molecule has 3 atom stereocenters. The van der Waals surface area contributed by atoms with E-state index in [0.717, 1.165) is 0 Å². The van der Waals surface area contributed by atoms with Crippen molar-refractivity contribution in [2.24, 2.45) is 5.92 Å². The third-order valence-electron chi connectivity index (χ3n) is 2.16. The second kappa shape index (κ2) is 7.25. The van der Waals surface area contributed by atoms with E-state index in [4.69, 9.17) is 10.2 Å². The van der Waals surface area contributed by atoms with Crippen LogP contribution in [-0.2, 0) is 14.4 Å². The molecular weight excluding hydrogens is 244 g/mol. The maximum absolute atomic E-state index is 11.3. The van der Waals surface area contributed by atoms with E-state index in [1.54, 1.807) is 0 Å². The van der Waals surface area contributed by atoms with Crippen molar-refractivity contribution in [3.63, 3.8) is 0 Å². The van der Waals surface area contributed by atoms with Crippen molar-refractivity contribution < 1.29 is 29.4 Å². The third kappa shape index (κ3) is 5.83. The Labute approximate surface area is 103 Å². The fourth-order valence-electron chi connectivity index (χ4n) is 1.11. The molecule has 8 nitrogen and oxygen atoms in total. The van der Waals surface area contributed by atoms with Crippen molar-refractivity contribution in [3.05, 3.63) is 0 Å². The first kappa shape index (κ1) is 15.9. The summed E-state index contributed by atoms with van der Waals surface area (Å²) < 4.78 is 0. The van der Waals surface area contributed by atoms with E-state index in [-0.39, 0.29) is 6.42 Å². The van der Waals surface area contributed by atoms with E-state index in [1.807, 2.05) is 0 Å². The number of urea groups is 1. The minimum absolute atomic E-state index is 0.0618. The first-order valence-corrected chi connectivity index (χ1v) is 5.25. The van der Waals surface area contributed by atoms with E-state index in [2.05, 4.69) is 10.6 Å². The predicted molar refractivity (Wildman–Crippen MR) is 60.0 cm³/mol. The average Bonchev–Trinajstić information content (AvgIpc) is 2.27. The number of carbonyl (C=O) groups is 4. The minimum Gasteiger partial charge on any atom is -0.480 e. The highest BCUT2D eigenvalue weighted by Gasteiger charge is 2.23. The molecule has 4 N–H and O–H groups in total. The van der Waals surface area contributed by atoms with Crippen LogP contribution in [0.25, 0.3) is 0 Å². The van der Waals surface area contributed by atoms with E-state index in [1.165, 1.54) is 13.8 Å². The molecule has 0 bridgehead atoms. The SMILES string of the molecule is CC(C=O)CC(NC(=O)NC(C)C(=O)O)C(=O)O. The highest BCUT2D eigenvalue weighted by Crippen LogP contribution is 2.03. The van der Waals surface area contributed by atoms with Crippen LogP contribution in [0, 0.1) is 5.92 Å². The molecule has 0 saturated heterocycles. The number of aldehydes is 1. The molecule has 0 radical (unpaired) electrons. The van der Waals surface area contributed by atoms with Gasteiger partial charge in [0.1, 0.15) is 18.4 Å². The number of hydrogen-bond acceptors (Lipinski definition) is 4. The van der Waals surface area contributed by atoms with Gasteiger partial charge in [0.05, 0.1) is 0 Å². The van der Waals surface area contributed by atoms with Crippen LogP contribution in [-0.4, -0.2) is 46.6 Å². The number of carbonyl (C=O) groups excluding carboxylic acids is 2. The van der Waals surface area contributed by atoms with Crippen molar-refractivity contribution in [1.29, 1.82) is 0 Å². The quantitative estimate of drug-likeness (QED) is 0.453. The van der Waals surface area contributed by atoms with Crippen LogP contribution in [0.1, 0.15) is 20.3 Å². The van der Waals surface area contributed by atoms with Gasteiger partial charge in [0.2, 0.25) is 0 Å². The number of carboxylic acid groups (broad SMARTS) is 2. The first-order chi connectivity index (χ1) is 8.27. The molecule has 0 fully saturated rings. The summed E-state index contributed by atoms with van der Waals surface area (Å²) in [4.78, 5) is 43.0. The zero-order valence-electron chi connectivity index (χ0n) is 10.0.